The zero-order chi connectivity index (χ0) is 14.6. The summed E-state index contributed by atoms with van der Waals surface area (Å²) in [5, 5.41) is 11.5. The molecule has 0 saturated heterocycles. The summed E-state index contributed by atoms with van der Waals surface area (Å²) < 4.78 is 0.614. The summed E-state index contributed by atoms with van der Waals surface area (Å²) in [6.07, 6.45) is 0.572. The van der Waals surface area contributed by atoms with Crippen LogP contribution in [0.3, 0.4) is 0 Å². The first-order valence-electron chi connectivity index (χ1n) is 5.90. The van der Waals surface area contributed by atoms with Crippen molar-refractivity contribution in [1.82, 2.24) is 0 Å². The van der Waals surface area contributed by atoms with Gasteiger partial charge >= 0.3 is 5.97 Å². The molecule has 0 radical (unpaired) electrons. The molecule has 104 valence electrons. The summed E-state index contributed by atoms with van der Waals surface area (Å²) in [5.74, 6) is -1.05. The minimum atomic E-state index is -1.05. The molecule has 0 bridgehead atoms. The Morgan fingerprint density at radius 2 is 2.05 bits per heavy atom. The Bertz CT molecular complexity index is 489. The number of carbonyl (C=O) groups is 2. The molecule has 0 aliphatic carbocycles. The summed E-state index contributed by atoms with van der Waals surface area (Å²) in [6.45, 7) is 3.96. The summed E-state index contributed by atoms with van der Waals surface area (Å²) in [7, 11) is 0. The van der Waals surface area contributed by atoms with Crippen LogP contribution in [0.4, 0.5) is 5.69 Å². The van der Waals surface area contributed by atoms with Crippen molar-refractivity contribution >= 4 is 33.5 Å². The zero-order valence-electron chi connectivity index (χ0n) is 10.8. The summed E-state index contributed by atoms with van der Waals surface area (Å²) in [4.78, 5) is 22.8. The van der Waals surface area contributed by atoms with Crippen LogP contribution in [-0.4, -0.2) is 23.0 Å². The lowest BCUT2D eigenvalue weighted by Gasteiger charge is -2.15. The van der Waals surface area contributed by atoms with Gasteiger partial charge in [0.15, 0.2) is 0 Å². The van der Waals surface area contributed by atoms with Crippen LogP contribution >= 0.6 is 15.9 Å². The molecule has 4 N–H and O–H groups in total. The third kappa shape index (κ3) is 4.65. The highest BCUT2D eigenvalue weighted by molar-refractivity contribution is 9.10. The van der Waals surface area contributed by atoms with Crippen molar-refractivity contribution in [2.24, 2.45) is 11.7 Å². The quantitative estimate of drug-likeness (QED) is 0.774. The molecule has 1 unspecified atom stereocenters. The molecule has 1 atom stereocenters. The van der Waals surface area contributed by atoms with Crippen molar-refractivity contribution in [2.45, 2.75) is 26.3 Å². The Labute approximate surface area is 120 Å². The topological polar surface area (TPSA) is 92.4 Å². The molecule has 1 rings (SSSR count). The number of amides is 1. The summed E-state index contributed by atoms with van der Waals surface area (Å²) in [6, 6.07) is 3.82. The lowest BCUT2D eigenvalue weighted by Crippen LogP contribution is -2.36. The Hall–Kier alpha value is -1.40. The van der Waals surface area contributed by atoms with E-state index in [1.165, 1.54) is 12.1 Å². The van der Waals surface area contributed by atoms with E-state index >= 15 is 0 Å². The minimum Gasteiger partial charge on any atom is -0.478 e. The molecule has 0 aliphatic rings. The lowest BCUT2D eigenvalue weighted by molar-refractivity contribution is -0.117. The van der Waals surface area contributed by atoms with Gasteiger partial charge in [0.25, 0.3) is 0 Å². The number of aromatic carboxylic acids is 1. The second-order valence-electron chi connectivity index (χ2n) is 4.73. The van der Waals surface area contributed by atoms with Crippen LogP contribution in [0.25, 0.3) is 0 Å². The first-order chi connectivity index (χ1) is 8.81. The number of halogens is 1. The van der Waals surface area contributed by atoms with E-state index in [-0.39, 0.29) is 11.5 Å². The number of nitrogens with one attached hydrogen (secondary N) is 1. The second-order valence-corrected chi connectivity index (χ2v) is 5.58. The highest BCUT2D eigenvalue weighted by atomic mass is 79.9. The molecular formula is C13H17BrN2O3. The average Bonchev–Trinajstić information content (AvgIpc) is 2.30. The third-order valence-electron chi connectivity index (χ3n) is 2.53. The fraction of sp³-hybridized carbons (Fsp3) is 0.385. The summed E-state index contributed by atoms with van der Waals surface area (Å²) in [5.41, 5.74) is 6.28. The predicted molar refractivity (Wildman–Crippen MR) is 77.2 cm³/mol. The predicted octanol–water partition coefficient (Wildman–Crippen LogP) is 2.46. The van der Waals surface area contributed by atoms with Gasteiger partial charge in [-0.1, -0.05) is 13.8 Å². The van der Waals surface area contributed by atoms with Crippen LogP contribution in [0.15, 0.2) is 22.7 Å². The van der Waals surface area contributed by atoms with Crippen LogP contribution in [0.2, 0.25) is 0 Å². The van der Waals surface area contributed by atoms with Crippen molar-refractivity contribution in [2.75, 3.05) is 5.32 Å². The van der Waals surface area contributed by atoms with Crippen molar-refractivity contribution in [3.63, 3.8) is 0 Å². The number of benzene rings is 1. The van der Waals surface area contributed by atoms with Gasteiger partial charge in [-0.3, -0.25) is 4.79 Å². The van der Waals surface area contributed by atoms with Gasteiger partial charge in [-0.2, -0.15) is 0 Å². The van der Waals surface area contributed by atoms with E-state index in [9.17, 15) is 9.59 Å². The minimum absolute atomic E-state index is 0.107. The van der Waals surface area contributed by atoms with Crippen LogP contribution in [-0.2, 0) is 4.79 Å². The summed E-state index contributed by atoms with van der Waals surface area (Å²) >= 11 is 3.26. The average molecular weight is 329 g/mol. The van der Waals surface area contributed by atoms with Crippen molar-refractivity contribution in [1.29, 1.82) is 0 Å². The van der Waals surface area contributed by atoms with Gasteiger partial charge in [-0.05, 0) is 46.5 Å². The Morgan fingerprint density at radius 1 is 1.42 bits per heavy atom. The lowest BCUT2D eigenvalue weighted by atomic mass is 10.0. The van der Waals surface area contributed by atoms with E-state index in [0.717, 1.165) is 0 Å². The fourth-order valence-corrected chi connectivity index (χ4v) is 1.94. The molecule has 0 fully saturated rings. The standard InChI is InChI=1S/C13H17BrN2O3/c1-7(2)5-10(15)12(17)16-11-6-8(13(18)19)3-4-9(11)14/h3-4,6-7,10H,5,15H2,1-2H3,(H,16,17)(H,18,19). The van der Waals surface area contributed by atoms with Gasteiger partial charge in [-0.25, -0.2) is 4.79 Å². The van der Waals surface area contributed by atoms with Crippen molar-refractivity contribution < 1.29 is 14.7 Å². The maximum atomic E-state index is 11.9. The fourth-order valence-electron chi connectivity index (χ4n) is 1.59. The van der Waals surface area contributed by atoms with Crippen molar-refractivity contribution in [3.05, 3.63) is 28.2 Å². The van der Waals surface area contributed by atoms with E-state index < -0.39 is 12.0 Å². The number of rotatable bonds is 5. The molecule has 6 heteroatoms. The Kier molecular flexibility index (Phi) is 5.50. The van der Waals surface area contributed by atoms with Gasteiger partial charge in [0.1, 0.15) is 0 Å². The van der Waals surface area contributed by atoms with Crippen molar-refractivity contribution in [3.8, 4) is 0 Å². The third-order valence-corrected chi connectivity index (χ3v) is 3.22. The van der Waals surface area contributed by atoms with Gasteiger partial charge in [0.2, 0.25) is 5.91 Å². The number of carboxylic acid groups (broad SMARTS) is 1. The maximum absolute atomic E-state index is 11.9. The molecule has 0 saturated carbocycles. The first-order valence-corrected chi connectivity index (χ1v) is 6.70. The van der Waals surface area contributed by atoms with Crippen LogP contribution in [0.5, 0.6) is 0 Å². The number of hydrogen-bond donors (Lipinski definition) is 3. The SMILES string of the molecule is CC(C)CC(N)C(=O)Nc1cc(C(=O)O)ccc1Br. The number of carboxylic acids is 1. The van der Waals surface area contributed by atoms with Gasteiger partial charge in [-0.15, -0.1) is 0 Å². The molecule has 1 aromatic carbocycles. The van der Waals surface area contributed by atoms with E-state index in [2.05, 4.69) is 21.2 Å². The maximum Gasteiger partial charge on any atom is 0.335 e. The largest absolute Gasteiger partial charge is 0.478 e. The number of hydrogen-bond acceptors (Lipinski definition) is 3. The van der Waals surface area contributed by atoms with Gasteiger partial charge in [0, 0.05) is 4.47 Å². The monoisotopic (exact) mass is 328 g/mol. The Morgan fingerprint density at radius 3 is 2.58 bits per heavy atom. The molecule has 0 aromatic heterocycles. The zero-order valence-corrected chi connectivity index (χ0v) is 12.4. The van der Waals surface area contributed by atoms with E-state index in [0.29, 0.717) is 22.5 Å². The van der Waals surface area contributed by atoms with Gasteiger partial charge in [0.05, 0.1) is 17.3 Å². The molecule has 0 spiro atoms. The van der Waals surface area contributed by atoms with Crippen LogP contribution < -0.4 is 11.1 Å². The number of carbonyl (C=O) groups excluding carboxylic acids is 1. The number of anilines is 1. The van der Waals surface area contributed by atoms with E-state index in [4.69, 9.17) is 10.8 Å². The number of nitrogens with two attached hydrogens (primary N) is 1. The molecule has 1 aromatic rings. The smallest absolute Gasteiger partial charge is 0.335 e. The normalized spacial score (nSPS) is 12.3. The highest BCUT2D eigenvalue weighted by Gasteiger charge is 2.17. The molecule has 1 amide bonds. The molecule has 0 heterocycles. The molecule has 0 aliphatic heterocycles. The molecular weight excluding hydrogens is 312 g/mol. The molecule has 19 heavy (non-hydrogen) atoms. The highest BCUT2D eigenvalue weighted by Crippen LogP contribution is 2.24. The Balaban J connectivity index is 2.84. The van der Waals surface area contributed by atoms with Crippen LogP contribution in [0.1, 0.15) is 30.6 Å². The molecule has 5 nitrogen and oxygen atoms in total. The second kappa shape index (κ2) is 6.68. The van der Waals surface area contributed by atoms with Gasteiger partial charge < -0.3 is 16.2 Å². The van der Waals surface area contributed by atoms with E-state index in [1.54, 1.807) is 6.07 Å². The first kappa shape index (κ1) is 15.7. The van der Waals surface area contributed by atoms with Crippen LogP contribution in [0, 0.1) is 5.92 Å². The van der Waals surface area contributed by atoms with E-state index in [1.807, 2.05) is 13.8 Å².